The van der Waals surface area contributed by atoms with Gasteiger partial charge in [-0.25, -0.2) is 0 Å². The zero-order chi connectivity index (χ0) is 18.9. The molecule has 0 spiro atoms. The standard InChI is InChI=1S/C20H22ClNO4/c1-3-4-10-18(23)26-19(14-8-6-5-7-9-14)20(24)22-15-11-12-17(25-2)16(21)13-15/h5-9,11-13,19H,3-4,10H2,1-2H3,(H,22,24)/t19-/m1/s1. The molecule has 2 rings (SSSR count). The summed E-state index contributed by atoms with van der Waals surface area (Å²) in [5.41, 5.74) is 1.10. The lowest BCUT2D eigenvalue weighted by Gasteiger charge is -2.18. The number of rotatable bonds is 8. The first-order valence-electron chi connectivity index (χ1n) is 8.44. The summed E-state index contributed by atoms with van der Waals surface area (Å²) in [6.07, 6.45) is 0.848. The molecule has 0 saturated heterocycles. The third-order valence-corrected chi connectivity index (χ3v) is 4.04. The number of methoxy groups -OCH3 is 1. The molecule has 0 heterocycles. The van der Waals surface area contributed by atoms with E-state index < -0.39 is 18.0 Å². The zero-order valence-corrected chi connectivity index (χ0v) is 15.6. The fourth-order valence-corrected chi connectivity index (χ4v) is 2.62. The van der Waals surface area contributed by atoms with E-state index >= 15 is 0 Å². The highest BCUT2D eigenvalue weighted by atomic mass is 35.5. The van der Waals surface area contributed by atoms with Crippen LogP contribution >= 0.6 is 11.6 Å². The molecule has 0 bridgehead atoms. The van der Waals surface area contributed by atoms with Gasteiger partial charge in [0.25, 0.3) is 5.91 Å². The molecule has 0 aromatic heterocycles. The van der Waals surface area contributed by atoms with Crippen molar-refractivity contribution >= 4 is 29.2 Å². The molecular weight excluding hydrogens is 354 g/mol. The number of anilines is 1. The Morgan fingerprint density at radius 2 is 1.88 bits per heavy atom. The number of unbranched alkanes of at least 4 members (excludes halogenated alkanes) is 1. The van der Waals surface area contributed by atoms with Crippen molar-refractivity contribution in [3.8, 4) is 5.75 Å². The number of hydrogen-bond acceptors (Lipinski definition) is 4. The van der Waals surface area contributed by atoms with Crippen molar-refractivity contribution in [2.24, 2.45) is 0 Å². The summed E-state index contributed by atoms with van der Waals surface area (Å²) < 4.78 is 10.5. The summed E-state index contributed by atoms with van der Waals surface area (Å²) in [6.45, 7) is 1.99. The normalized spacial score (nSPS) is 11.5. The summed E-state index contributed by atoms with van der Waals surface area (Å²) in [5, 5.41) is 3.11. The Bertz CT molecular complexity index is 749. The lowest BCUT2D eigenvalue weighted by Crippen LogP contribution is -2.25. The Morgan fingerprint density at radius 3 is 2.50 bits per heavy atom. The van der Waals surface area contributed by atoms with Crippen molar-refractivity contribution in [1.82, 2.24) is 0 Å². The molecule has 0 aliphatic rings. The van der Waals surface area contributed by atoms with Crippen LogP contribution in [-0.2, 0) is 14.3 Å². The second kappa shape index (κ2) is 9.82. The van der Waals surface area contributed by atoms with Crippen LogP contribution in [0.15, 0.2) is 48.5 Å². The van der Waals surface area contributed by atoms with Gasteiger partial charge in [-0.1, -0.05) is 55.3 Å². The van der Waals surface area contributed by atoms with Gasteiger partial charge in [-0.2, -0.15) is 0 Å². The van der Waals surface area contributed by atoms with Gasteiger partial charge in [-0.3, -0.25) is 9.59 Å². The van der Waals surface area contributed by atoms with Crippen LogP contribution in [0, 0.1) is 0 Å². The van der Waals surface area contributed by atoms with E-state index in [2.05, 4.69) is 5.32 Å². The van der Waals surface area contributed by atoms with Crippen molar-refractivity contribution < 1.29 is 19.1 Å². The van der Waals surface area contributed by atoms with Gasteiger partial charge in [-0.15, -0.1) is 0 Å². The second-order valence-electron chi connectivity index (χ2n) is 5.72. The lowest BCUT2D eigenvalue weighted by molar-refractivity contribution is -0.154. The number of carbonyl (C=O) groups excluding carboxylic acids is 2. The van der Waals surface area contributed by atoms with Gasteiger partial charge in [0.1, 0.15) is 5.75 Å². The van der Waals surface area contributed by atoms with E-state index in [1.54, 1.807) is 42.5 Å². The van der Waals surface area contributed by atoms with E-state index in [-0.39, 0.29) is 6.42 Å². The third-order valence-electron chi connectivity index (χ3n) is 3.74. The molecule has 6 heteroatoms. The Hall–Kier alpha value is -2.53. The van der Waals surface area contributed by atoms with Crippen molar-refractivity contribution in [2.75, 3.05) is 12.4 Å². The largest absolute Gasteiger partial charge is 0.495 e. The highest BCUT2D eigenvalue weighted by Crippen LogP contribution is 2.28. The molecular formula is C20H22ClNO4. The number of benzene rings is 2. The van der Waals surface area contributed by atoms with Crippen LogP contribution < -0.4 is 10.1 Å². The van der Waals surface area contributed by atoms with Crippen LogP contribution in [0.5, 0.6) is 5.75 Å². The number of ether oxygens (including phenoxy) is 2. The predicted molar refractivity (Wildman–Crippen MR) is 101 cm³/mol. The maximum Gasteiger partial charge on any atom is 0.306 e. The molecule has 0 aliphatic heterocycles. The summed E-state index contributed by atoms with van der Waals surface area (Å²) in [5.74, 6) is -0.332. The average molecular weight is 376 g/mol. The van der Waals surface area contributed by atoms with Gasteiger partial charge in [0.2, 0.25) is 6.10 Å². The van der Waals surface area contributed by atoms with Crippen LogP contribution in [0.3, 0.4) is 0 Å². The summed E-state index contributed by atoms with van der Waals surface area (Å²) in [6, 6.07) is 13.8. The smallest absolute Gasteiger partial charge is 0.306 e. The van der Waals surface area contributed by atoms with Gasteiger partial charge in [0.15, 0.2) is 0 Å². The molecule has 5 nitrogen and oxygen atoms in total. The maximum absolute atomic E-state index is 12.7. The van der Waals surface area contributed by atoms with Crippen LogP contribution in [-0.4, -0.2) is 19.0 Å². The van der Waals surface area contributed by atoms with Gasteiger partial charge < -0.3 is 14.8 Å². The number of hydrogen-bond donors (Lipinski definition) is 1. The molecule has 2 aromatic carbocycles. The van der Waals surface area contributed by atoms with E-state index in [1.807, 2.05) is 13.0 Å². The molecule has 1 atom stereocenters. The van der Waals surface area contributed by atoms with E-state index in [0.717, 1.165) is 12.8 Å². The fourth-order valence-electron chi connectivity index (χ4n) is 2.36. The lowest BCUT2D eigenvalue weighted by atomic mass is 10.1. The Kier molecular flexibility index (Phi) is 7.48. The number of esters is 1. The SMILES string of the molecule is CCCCC(=O)O[C@@H](C(=O)Nc1ccc(OC)c(Cl)c1)c1ccccc1. The van der Waals surface area contributed by atoms with Crippen molar-refractivity contribution in [1.29, 1.82) is 0 Å². The Balaban J connectivity index is 2.17. The van der Waals surface area contributed by atoms with E-state index in [0.29, 0.717) is 22.0 Å². The summed E-state index contributed by atoms with van der Waals surface area (Å²) >= 11 is 6.09. The van der Waals surface area contributed by atoms with Crippen molar-refractivity contribution in [2.45, 2.75) is 32.3 Å². The number of halogens is 1. The van der Waals surface area contributed by atoms with E-state index in [9.17, 15) is 9.59 Å². The number of nitrogens with one attached hydrogen (secondary N) is 1. The molecule has 0 radical (unpaired) electrons. The summed E-state index contributed by atoms with van der Waals surface area (Å²) in [7, 11) is 1.51. The monoisotopic (exact) mass is 375 g/mol. The first-order valence-corrected chi connectivity index (χ1v) is 8.81. The second-order valence-corrected chi connectivity index (χ2v) is 6.13. The number of amides is 1. The van der Waals surface area contributed by atoms with Gasteiger partial charge in [-0.05, 0) is 24.6 Å². The predicted octanol–water partition coefficient (Wildman–Crippen LogP) is 4.76. The minimum Gasteiger partial charge on any atom is -0.495 e. The van der Waals surface area contributed by atoms with E-state index in [4.69, 9.17) is 21.1 Å². The molecule has 1 amide bonds. The fraction of sp³-hybridized carbons (Fsp3) is 0.300. The first-order chi connectivity index (χ1) is 12.5. The maximum atomic E-state index is 12.7. The highest BCUT2D eigenvalue weighted by Gasteiger charge is 2.25. The highest BCUT2D eigenvalue weighted by molar-refractivity contribution is 6.32. The van der Waals surface area contributed by atoms with Crippen LogP contribution in [0.25, 0.3) is 0 Å². The van der Waals surface area contributed by atoms with Gasteiger partial charge in [0.05, 0.1) is 12.1 Å². The quantitative estimate of drug-likeness (QED) is 0.675. The van der Waals surface area contributed by atoms with Crippen molar-refractivity contribution in [3.05, 3.63) is 59.1 Å². The number of carbonyl (C=O) groups is 2. The topological polar surface area (TPSA) is 64.6 Å². The molecule has 0 saturated carbocycles. The molecule has 2 aromatic rings. The zero-order valence-electron chi connectivity index (χ0n) is 14.8. The van der Waals surface area contributed by atoms with Crippen molar-refractivity contribution in [3.63, 3.8) is 0 Å². The van der Waals surface area contributed by atoms with Crippen LogP contribution in [0.1, 0.15) is 37.9 Å². The molecule has 0 aliphatic carbocycles. The van der Waals surface area contributed by atoms with Gasteiger partial charge >= 0.3 is 5.97 Å². The molecule has 1 N–H and O–H groups in total. The first kappa shape index (κ1) is 19.8. The molecule has 26 heavy (non-hydrogen) atoms. The molecule has 138 valence electrons. The Labute approximate surface area is 158 Å². The molecule has 0 unspecified atom stereocenters. The van der Waals surface area contributed by atoms with Crippen LogP contribution in [0.2, 0.25) is 5.02 Å². The van der Waals surface area contributed by atoms with E-state index in [1.165, 1.54) is 7.11 Å². The Morgan fingerprint density at radius 1 is 1.15 bits per heavy atom. The molecule has 0 fully saturated rings. The average Bonchev–Trinajstić information content (AvgIpc) is 2.65. The minimum atomic E-state index is -1.03. The van der Waals surface area contributed by atoms with Gasteiger partial charge in [0, 0.05) is 17.7 Å². The third kappa shape index (κ3) is 5.49. The van der Waals surface area contributed by atoms with Crippen LogP contribution in [0.4, 0.5) is 5.69 Å². The summed E-state index contributed by atoms with van der Waals surface area (Å²) in [4.78, 5) is 24.8. The minimum absolute atomic E-state index is 0.279.